The number of hydrogen-bond donors (Lipinski definition) is 2. The maximum Gasteiger partial charge on any atom is 0.409 e. The highest BCUT2D eigenvalue weighted by molar-refractivity contribution is 5.85. The second-order valence-electron chi connectivity index (χ2n) is 7.63. The molecule has 0 radical (unpaired) electrons. The van der Waals surface area contributed by atoms with Crippen molar-refractivity contribution in [2.24, 2.45) is 10.9 Å². The number of aliphatic imine (C=N–C) groups is 1. The maximum absolute atomic E-state index is 11.9. The van der Waals surface area contributed by atoms with Gasteiger partial charge in [0.25, 0.3) is 0 Å². The summed E-state index contributed by atoms with van der Waals surface area (Å²) in [6.07, 6.45) is 6.12. The highest BCUT2D eigenvalue weighted by Crippen LogP contribution is 2.13. The molecule has 1 aliphatic rings. The van der Waals surface area contributed by atoms with E-state index in [2.05, 4.69) is 29.5 Å². The molecule has 0 aromatic heterocycles. The number of carbonyl (C=O) groups is 2. The van der Waals surface area contributed by atoms with Crippen LogP contribution in [-0.4, -0.2) is 81.2 Å². The molecule has 2 N–H and O–H groups in total. The van der Waals surface area contributed by atoms with Crippen molar-refractivity contribution in [3.63, 3.8) is 0 Å². The minimum Gasteiger partial charge on any atom is -0.453 e. The van der Waals surface area contributed by atoms with Crippen LogP contribution in [0.3, 0.4) is 0 Å². The van der Waals surface area contributed by atoms with E-state index in [1.54, 1.807) is 23.9 Å². The van der Waals surface area contributed by atoms with Gasteiger partial charge in [-0.1, -0.05) is 33.1 Å². The van der Waals surface area contributed by atoms with Gasteiger partial charge in [0.2, 0.25) is 5.91 Å². The smallest absolute Gasteiger partial charge is 0.409 e. The zero-order valence-electron chi connectivity index (χ0n) is 18.3. The molecular weight excluding hydrogens is 358 g/mol. The molecule has 8 heteroatoms. The standard InChI is InChI=1S/C20H39N5O3/c1-6-8-9-16(7-2)14-21-19(22-15-18(26)24(3)4)23-17-10-12-25(13-11-17)20(27)28-5/h16-17H,6-15H2,1-5H3,(H2,21,22,23). The van der Waals surface area contributed by atoms with E-state index in [1.807, 2.05) is 0 Å². The number of likely N-dealkylation sites (tertiary alicyclic amines) is 1. The number of nitrogens with one attached hydrogen (secondary N) is 2. The Hall–Kier alpha value is -1.99. The SMILES string of the molecule is CCCCC(CC)CNC(=NCC(=O)N(C)C)NC1CCN(C(=O)OC)CC1. The van der Waals surface area contributed by atoms with Crippen LogP contribution in [0, 0.1) is 5.92 Å². The van der Waals surface area contributed by atoms with E-state index in [1.165, 1.54) is 26.4 Å². The van der Waals surface area contributed by atoms with Crippen LogP contribution >= 0.6 is 0 Å². The Kier molecular flexibility index (Phi) is 11.4. The molecule has 162 valence electrons. The highest BCUT2D eigenvalue weighted by Gasteiger charge is 2.24. The third-order valence-electron chi connectivity index (χ3n) is 5.24. The lowest BCUT2D eigenvalue weighted by atomic mass is 9.99. The molecule has 0 bridgehead atoms. The molecule has 1 saturated heterocycles. The van der Waals surface area contributed by atoms with Crippen molar-refractivity contribution in [3.05, 3.63) is 0 Å². The average molecular weight is 398 g/mol. The molecule has 0 spiro atoms. The minimum absolute atomic E-state index is 0.0281. The van der Waals surface area contributed by atoms with Crippen molar-refractivity contribution in [2.45, 2.75) is 58.4 Å². The van der Waals surface area contributed by atoms with Crippen molar-refractivity contribution in [2.75, 3.05) is 47.4 Å². The van der Waals surface area contributed by atoms with Crippen LogP contribution in [0.4, 0.5) is 4.79 Å². The molecule has 1 aliphatic heterocycles. The number of likely N-dealkylation sites (N-methyl/N-ethyl adjacent to an activating group) is 1. The first kappa shape index (κ1) is 24.0. The summed E-state index contributed by atoms with van der Waals surface area (Å²) in [6.45, 7) is 6.70. The third kappa shape index (κ3) is 8.80. The van der Waals surface area contributed by atoms with E-state index in [0.717, 1.165) is 25.8 Å². The number of piperidine rings is 1. The van der Waals surface area contributed by atoms with Crippen molar-refractivity contribution in [1.82, 2.24) is 20.4 Å². The van der Waals surface area contributed by atoms with E-state index in [0.29, 0.717) is 25.0 Å². The van der Waals surface area contributed by atoms with Crippen LogP contribution in [0.25, 0.3) is 0 Å². The van der Waals surface area contributed by atoms with Gasteiger partial charge in [0, 0.05) is 39.8 Å². The summed E-state index contributed by atoms with van der Waals surface area (Å²) in [5.41, 5.74) is 0. The van der Waals surface area contributed by atoms with Crippen LogP contribution in [0.5, 0.6) is 0 Å². The topological polar surface area (TPSA) is 86.3 Å². The molecular formula is C20H39N5O3. The molecule has 2 amide bonds. The molecule has 1 fully saturated rings. The third-order valence-corrected chi connectivity index (χ3v) is 5.24. The van der Waals surface area contributed by atoms with Crippen molar-refractivity contribution in [1.29, 1.82) is 0 Å². The number of unbranched alkanes of at least 4 members (excludes halogenated alkanes) is 1. The Balaban J connectivity index is 2.64. The lowest BCUT2D eigenvalue weighted by Gasteiger charge is -2.32. The minimum atomic E-state index is -0.274. The summed E-state index contributed by atoms with van der Waals surface area (Å²) in [7, 11) is 4.88. The molecule has 0 aromatic rings. The van der Waals surface area contributed by atoms with Gasteiger partial charge in [0.05, 0.1) is 7.11 Å². The Morgan fingerprint density at radius 1 is 1.25 bits per heavy atom. The largest absolute Gasteiger partial charge is 0.453 e. The molecule has 28 heavy (non-hydrogen) atoms. The predicted octanol–water partition coefficient (Wildman–Crippen LogP) is 2.06. The van der Waals surface area contributed by atoms with E-state index >= 15 is 0 Å². The van der Waals surface area contributed by atoms with Gasteiger partial charge in [-0.05, 0) is 25.2 Å². The monoisotopic (exact) mass is 397 g/mol. The summed E-state index contributed by atoms with van der Waals surface area (Å²) in [5.74, 6) is 1.25. The Morgan fingerprint density at radius 2 is 1.93 bits per heavy atom. The maximum atomic E-state index is 11.9. The fraction of sp³-hybridized carbons (Fsp3) is 0.850. The lowest BCUT2D eigenvalue weighted by Crippen LogP contribution is -2.50. The van der Waals surface area contributed by atoms with Crippen molar-refractivity contribution < 1.29 is 14.3 Å². The Bertz CT molecular complexity index is 502. The molecule has 0 aliphatic carbocycles. The zero-order valence-corrected chi connectivity index (χ0v) is 18.3. The summed E-state index contributed by atoms with van der Waals surface area (Å²) in [6, 6.07) is 0.220. The van der Waals surface area contributed by atoms with E-state index in [-0.39, 0.29) is 24.6 Å². The van der Waals surface area contributed by atoms with Crippen molar-refractivity contribution in [3.8, 4) is 0 Å². The van der Waals surface area contributed by atoms with Crippen LogP contribution in [0.15, 0.2) is 4.99 Å². The van der Waals surface area contributed by atoms with Gasteiger partial charge in [-0.15, -0.1) is 0 Å². The molecule has 0 aromatic carbocycles. The van der Waals surface area contributed by atoms with Gasteiger partial charge >= 0.3 is 6.09 Å². The van der Waals surface area contributed by atoms with Gasteiger partial charge in [-0.2, -0.15) is 0 Å². The number of amides is 2. The van der Waals surface area contributed by atoms with Crippen molar-refractivity contribution >= 4 is 18.0 Å². The summed E-state index contributed by atoms with van der Waals surface area (Å²) < 4.78 is 4.79. The molecule has 0 saturated carbocycles. The lowest BCUT2D eigenvalue weighted by molar-refractivity contribution is -0.127. The first-order valence-corrected chi connectivity index (χ1v) is 10.5. The zero-order chi connectivity index (χ0) is 20.9. The number of carbonyl (C=O) groups excluding carboxylic acids is 2. The van der Waals surface area contributed by atoms with E-state index < -0.39 is 0 Å². The number of guanidine groups is 1. The van der Waals surface area contributed by atoms with Gasteiger partial charge in [0.15, 0.2) is 5.96 Å². The second kappa shape index (κ2) is 13.2. The van der Waals surface area contributed by atoms with Gasteiger partial charge in [0.1, 0.15) is 6.54 Å². The highest BCUT2D eigenvalue weighted by atomic mass is 16.5. The van der Waals surface area contributed by atoms with Gasteiger partial charge in [-0.25, -0.2) is 9.79 Å². The first-order chi connectivity index (χ1) is 13.4. The second-order valence-corrected chi connectivity index (χ2v) is 7.63. The number of hydrogen-bond acceptors (Lipinski definition) is 4. The predicted molar refractivity (Wildman–Crippen MR) is 112 cm³/mol. The van der Waals surface area contributed by atoms with Gasteiger partial charge in [-0.3, -0.25) is 4.79 Å². The fourth-order valence-corrected chi connectivity index (χ4v) is 3.15. The number of methoxy groups -OCH3 is 1. The average Bonchev–Trinajstić information content (AvgIpc) is 2.71. The fourth-order valence-electron chi connectivity index (χ4n) is 3.15. The summed E-state index contributed by atoms with van der Waals surface area (Å²) in [5, 5.41) is 6.88. The number of nitrogens with zero attached hydrogens (tertiary/aromatic N) is 3. The number of rotatable bonds is 9. The molecule has 1 heterocycles. The quantitative estimate of drug-likeness (QED) is 0.459. The van der Waals surface area contributed by atoms with E-state index in [9.17, 15) is 9.59 Å². The summed E-state index contributed by atoms with van der Waals surface area (Å²) in [4.78, 5) is 31.3. The first-order valence-electron chi connectivity index (χ1n) is 10.5. The Morgan fingerprint density at radius 3 is 2.46 bits per heavy atom. The molecule has 1 rings (SSSR count). The van der Waals surface area contributed by atoms with Crippen LogP contribution < -0.4 is 10.6 Å². The Labute approximate surface area is 170 Å². The van der Waals surface area contributed by atoms with Crippen LogP contribution in [0.2, 0.25) is 0 Å². The molecule has 1 atom stereocenters. The van der Waals surface area contributed by atoms with Crippen LogP contribution in [-0.2, 0) is 9.53 Å². The normalized spacial score (nSPS) is 16.5. The van der Waals surface area contributed by atoms with Crippen LogP contribution in [0.1, 0.15) is 52.4 Å². The van der Waals surface area contributed by atoms with E-state index in [4.69, 9.17) is 4.74 Å². The molecule has 1 unspecified atom stereocenters. The van der Waals surface area contributed by atoms with Gasteiger partial charge < -0.3 is 25.2 Å². The molecule has 8 nitrogen and oxygen atoms in total. The number of ether oxygens (including phenoxy) is 1. The summed E-state index contributed by atoms with van der Waals surface area (Å²) >= 11 is 0.